The summed E-state index contributed by atoms with van der Waals surface area (Å²) in [6, 6.07) is 9.59. The van der Waals surface area contributed by atoms with Crippen LogP contribution < -0.4 is 5.32 Å². The molecule has 0 bridgehead atoms. The van der Waals surface area contributed by atoms with E-state index < -0.39 is 6.10 Å². The number of hydrogen-bond acceptors (Lipinski definition) is 4. The highest BCUT2D eigenvalue weighted by Crippen LogP contribution is 2.13. The monoisotopic (exact) mass is 287 g/mol. The minimum absolute atomic E-state index is 0.371. The normalized spacial score (nSPS) is 18.9. The van der Waals surface area contributed by atoms with Gasteiger partial charge in [0.05, 0.1) is 17.7 Å². The maximum Gasteiger partial charge on any atom is 0.0991 e. The lowest BCUT2D eigenvalue weighted by molar-refractivity contribution is 0.159. The molecule has 2 unspecified atom stereocenters. The number of piperidine rings is 1. The van der Waals surface area contributed by atoms with E-state index in [9.17, 15) is 5.11 Å². The third-order valence-electron chi connectivity index (χ3n) is 4.06. The summed E-state index contributed by atoms with van der Waals surface area (Å²) in [5.74, 6) is 0. The zero-order chi connectivity index (χ0) is 15.1. The molecule has 2 N–H and O–H groups in total. The maximum atomic E-state index is 10.2. The second-order valence-corrected chi connectivity index (χ2v) is 5.92. The Morgan fingerprint density at radius 3 is 2.52 bits per heavy atom. The van der Waals surface area contributed by atoms with Gasteiger partial charge in [-0.1, -0.05) is 18.6 Å². The SMILES string of the molecule is CC(CN1CCCCC1)NCC(O)c1ccc(C#N)cc1. The van der Waals surface area contributed by atoms with Gasteiger partial charge in [0, 0.05) is 19.1 Å². The van der Waals surface area contributed by atoms with Crippen LogP contribution in [-0.4, -0.2) is 42.2 Å². The fraction of sp³-hybridized carbons (Fsp3) is 0.588. The number of aliphatic hydroxyl groups excluding tert-OH is 1. The molecule has 0 saturated carbocycles. The Labute approximate surface area is 127 Å². The molecule has 4 heteroatoms. The Hall–Kier alpha value is -1.41. The summed E-state index contributed by atoms with van der Waals surface area (Å²) >= 11 is 0. The molecule has 2 rings (SSSR count). The maximum absolute atomic E-state index is 10.2. The third kappa shape index (κ3) is 5.13. The summed E-state index contributed by atoms with van der Waals surface area (Å²) in [6.07, 6.45) is 3.44. The highest BCUT2D eigenvalue weighted by atomic mass is 16.3. The van der Waals surface area contributed by atoms with Crippen molar-refractivity contribution < 1.29 is 5.11 Å². The molecule has 4 nitrogen and oxygen atoms in total. The van der Waals surface area contributed by atoms with Gasteiger partial charge in [-0.2, -0.15) is 5.26 Å². The van der Waals surface area contributed by atoms with Gasteiger partial charge >= 0.3 is 0 Å². The molecule has 1 aromatic rings. The van der Waals surface area contributed by atoms with E-state index in [0.29, 0.717) is 18.2 Å². The Morgan fingerprint density at radius 2 is 1.90 bits per heavy atom. The number of rotatable bonds is 6. The van der Waals surface area contributed by atoms with Crippen LogP contribution in [0.4, 0.5) is 0 Å². The second-order valence-electron chi connectivity index (χ2n) is 5.92. The van der Waals surface area contributed by atoms with Gasteiger partial charge < -0.3 is 15.3 Å². The van der Waals surface area contributed by atoms with Crippen LogP contribution in [0.1, 0.15) is 43.4 Å². The molecule has 1 aliphatic rings. The fourth-order valence-electron chi connectivity index (χ4n) is 2.80. The number of benzene rings is 1. The van der Waals surface area contributed by atoms with Crippen LogP contribution in [-0.2, 0) is 0 Å². The van der Waals surface area contributed by atoms with Gasteiger partial charge in [0.15, 0.2) is 0 Å². The number of nitriles is 1. The fourth-order valence-corrected chi connectivity index (χ4v) is 2.80. The van der Waals surface area contributed by atoms with E-state index >= 15 is 0 Å². The quantitative estimate of drug-likeness (QED) is 0.841. The molecule has 0 radical (unpaired) electrons. The van der Waals surface area contributed by atoms with Gasteiger partial charge in [-0.3, -0.25) is 0 Å². The Kier molecular flexibility index (Phi) is 6.19. The first-order valence-electron chi connectivity index (χ1n) is 7.83. The Bertz CT molecular complexity index is 460. The molecule has 114 valence electrons. The lowest BCUT2D eigenvalue weighted by Crippen LogP contribution is -2.42. The zero-order valence-corrected chi connectivity index (χ0v) is 12.8. The molecule has 0 amide bonds. The van der Waals surface area contributed by atoms with E-state index in [2.05, 4.69) is 23.2 Å². The zero-order valence-electron chi connectivity index (χ0n) is 12.8. The average molecular weight is 287 g/mol. The summed E-state index contributed by atoms with van der Waals surface area (Å²) in [5.41, 5.74) is 1.48. The van der Waals surface area contributed by atoms with E-state index in [1.165, 1.54) is 32.4 Å². The van der Waals surface area contributed by atoms with Crippen molar-refractivity contribution in [2.24, 2.45) is 0 Å². The van der Waals surface area contributed by atoms with Crippen molar-refractivity contribution in [1.29, 1.82) is 5.26 Å². The van der Waals surface area contributed by atoms with Gasteiger partial charge in [0.2, 0.25) is 0 Å². The van der Waals surface area contributed by atoms with Crippen LogP contribution in [0.2, 0.25) is 0 Å². The summed E-state index contributed by atoms with van der Waals surface area (Å²) in [5, 5.41) is 22.3. The predicted molar refractivity (Wildman–Crippen MR) is 83.9 cm³/mol. The number of aliphatic hydroxyl groups is 1. The molecule has 21 heavy (non-hydrogen) atoms. The van der Waals surface area contributed by atoms with Gasteiger partial charge in [-0.05, 0) is 50.6 Å². The highest BCUT2D eigenvalue weighted by molar-refractivity contribution is 5.32. The van der Waals surface area contributed by atoms with Crippen LogP contribution in [0.3, 0.4) is 0 Å². The molecule has 0 aromatic heterocycles. The first kappa shape index (κ1) is 16.0. The number of likely N-dealkylation sites (tertiary alicyclic amines) is 1. The first-order chi connectivity index (χ1) is 10.2. The molecule has 1 aliphatic heterocycles. The van der Waals surface area contributed by atoms with E-state index in [-0.39, 0.29) is 0 Å². The third-order valence-corrected chi connectivity index (χ3v) is 4.06. The Balaban J connectivity index is 1.74. The van der Waals surface area contributed by atoms with Crippen LogP contribution in [0.5, 0.6) is 0 Å². The number of nitrogens with zero attached hydrogens (tertiary/aromatic N) is 2. The van der Waals surface area contributed by atoms with Crippen molar-refractivity contribution in [1.82, 2.24) is 10.2 Å². The van der Waals surface area contributed by atoms with Gasteiger partial charge in [-0.15, -0.1) is 0 Å². The van der Waals surface area contributed by atoms with Crippen LogP contribution in [0.15, 0.2) is 24.3 Å². The van der Waals surface area contributed by atoms with Crippen molar-refractivity contribution >= 4 is 0 Å². The van der Waals surface area contributed by atoms with Gasteiger partial charge in [0.25, 0.3) is 0 Å². The standard InChI is InChI=1S/C17H25N3O/c1-14(13-20-9-3-2-4-10-20)19-12-17(21)16-7-5-15(11-18)6-8-16/h5-8,14,17,19,21H,2-4,9-10,12-13H2,1H3. The van der Waals surface area contributed by atoms with E-state index in [1.54, 1.807) is 12.1 Å². The summed E-state index contributed by atoms with van der Waals surface area (Å²) in [4.78, 5) is 2.50. The predicted octanol–water partition coefficient (Wildman–Crippen LogP) is 2.06. The van der Waals surface area contributed by atoms with Crippen molar-refractivity contribution in [3.8, 4) is 6.07 Å². The average Bonchev–Trinajstić information content (AvgIpc) is 2.53. The van der Waals surface area contributed by atoms with Crippen molar-refractivity contribution in [2.45, 2.75) is 38.3 Å². The smallest absolute Gasteiger partial charge is 0.0991 e. The lowest BCUT2D eigenvalue weighted by Gasteiger charge is -2.29. The largest absolute Gasteiger partial charge is 0.387 e. The van der Waals surface area contributed by atoms with Crippen molar-refractivity contribution in [3.05, 3.63) is 35.4 Å². The molecular formula is C17H25N3O. The molecular weight excluding hydrogens is 262 g/mol. The Morgan fingerprint density at radius 1 is 1.24 bits per heavy atom. The summed E-state index contributed by atoms with van der Waals surface area (Å²) in [7, 11) is 0. The summed E-state index contributed by atoms with van der Waals surface area (Å²) < 4.78 is 0. The van der Waals surface area contributed by atoms with Crippen LogP contribution in [0.25, 0.3) is 0 Å². The highest BCUT2D eigenvalue weighted by Gasteiger charge is 2.14. The molecule has 0 spiro atoms. The molecule has 2 atom stereocenters. The van der Waals surface area contributed by atoms with E-state index in [1.807, 2.05) is 12.1 Å². The molecule has 1 fully saturated rings. The molecule has 1 heterocycles. The second kappa shape index (κ2) is 8.14. The lowest BCUT2D eigenvalue weighted by atomic mass is 10.1. The van der Waals surface area contributed by atoms with E-state index in [0.717, 1.165) is 12.1 Å². The van der Waals surface area contributed by atoms with Gasteiger partial charge in [0.1, 0.15) is 0 Å². The summed E-state index contributed by atoms with van der Waals surface area (Å²) in [6.45, 7) is 6.15. The van der Waals surface area contributed by atoms with Crippen molar-refractivity contribution in [2.75, 3.05) is 26.2 Å². The van der Waals surface area contributed by atoms with Crippen LogP contribution in [0, 0.1) is 11.3 Å². The molecule has 0 aliphatic carbocycles. The number of hydrogen-bond donors (Lipinski definition) is 2. The topological polar surface area (TPSA) is 59.3 Å². The van der Waals surface area contributed by atoms with Gasteiger partial charge in [-0.25, -0.2) is 0 Å². The number of nitrogens with one attached hydrogen (secondary N) is 1. The minimum Gasteiger partial charge on any atom is -0.387 e. The molecule has 1 aromatic carbocycles. The van der Waals surface area contributed by atoms with E-state index in [4.69, 9.17) is 5.26 Å². The molecule has 1 saturated heterocycles. The van der Waals surface area contributed by atoms with Crippen molar-refractivity contribution in [3.63, 3.8) is 0 Å². The minimum atomic E-state index is -0.526. The first-order valence-corrected chi connectivity index (χ1v) is 7.83. The van der Waals surface area contributed by atoms with Crippen LogP contribution >= 0.6 is 0 Å².